The van der Waals surface area contributed by atoms with Crippen LogP contribution in [0.5, 0.6) is 11.5 Å². The van der Waals surface area contributed by atoms with Crippen LogP contribution in [-0.2, 0) is 39.5 Å². The zero-order valence-electron chi connectivity index (χ0n) is 29.5. The number of hydrogen-bond donors (Lipinski definition) is 2. The van der Waals surface area contributed by atoms with E-state index < -0.39 is 10.8 Å². The van der Waals surface area contributed by atoms with E-state index in [9.17, 15) is 10.2 Å². The zero-order chi connectivity index (χ0) is 32.7. The molecule has 0 amide bonds. The van der Waals surface area contributed by atoms with E-state index in [0.29, 0.717) is 30.4 Å². The third kappa shape index (κ3) is 6.75. The lowest BCUT2D eigenvalue weighted by Crippen LogP contribution is -2.51. The Hall–Kier alpha value is -2.37. The molecule has 4 rings (SSSR count). The Kier molecular flexibility index (Phi) is 10.0. The smallest absolute Gasteiger partial charge is 0.153 e. The summed E-state index contributed by atoms with van der Waals surface area (Å²) in [4.78, 5) is 20.0. The molecule has 0 spiro atoms. The Morgan fingerprint density at radius 2 is 0.932 bits per heavy atom. The summed E-state index contributed by atoms with van der Waals surface area (Å²) in [6.45, 7) is 14.2. The van der Waals surface area contributed by atoms with Gasteiger partial charge in [-0.15, -0.1) is 0 Å². The van der Waals surface area contributed by atoms with Crippen molar-refractivity contribution in [2.75, 3.05) is 28.2 Å². The molecule has 2 N–H and O–H groups in total. The number of carbonyl (C=O) groups excluding carboxylic acids is 1. The van der Waals surface area contributed by atoms with Gasteiger partial charge in [-0.3, -0.25) is 4.79 Å². The van der Waals surface area contributed by atoms with Crippen LogP contribution in [-0.4, -0.2) is 54.0 Å². The second-order valence-corrected chi connectivity index (χ2v) is 16.7. The SMILES string of the molecule is CN(C)Cc1cc(C2(C(=O)C3(c4cc(CN(C)C)c(O)c(C(C)(C)C)c4)CCCCC3)CCCCC2)cc(C(C)(C)C)c1O. The Morgan fingerprint density at radius 3 is 1.20 bits per heavy atom. The number of phenolic OH excluding ortho intramolecular Hbond substituents is 2. The largest absolute Gasteiger partial charge is 0.507 e. The molecule has 2 aliphatic rings. The van der Waals surface area contributed by atoms with E-state index in [-0.39, 0.29) is 10.8 Å². The Labute approximate surface area is 268 Å². The highest BCUT2D eigenvalue weighted by molar-refractivity contribution is 5.99. The summed E-state index contributed by atoms with van der Waals surface area (Å²) < 4.78 is 0. The highest BCUT2D eigenvalue weighted by Gasteiger charge is 2.53. The van der Waals surface area contributed by atoms with Gasteiger partial charge in [-0.05, 0) is 99.1 Å². The predicted octanol–water partition coefficient (Wildman–Crippen LogP) is 8.49. The predicted molar refractivity (Wildman–Crippen MR) is 183 cm³/mol. The molecular weight excluding hydrogens is 544 g/mol. The molecule has 0 saturated heterocycles. The van der Waals surface area contributed by atoms with E-state index in [0.717, 1.165) is 97.6 Å². The maximum absolute atomic E-state index is 15.8. The summed E-state index contributed by atoms with van der Waals surface area (Å²) in [5.74, 6) is 1.09. The Balaban J connectivity index is 2.01. The fourth-order valence-corrected chi connectivity index (χ4v) is 8.07. The zero-order valence-corrected chi connectivity index (χ0v) is 29.5. The molecule has 5 nitrogen and oxygen atoms in total. The van der Waals surface area contributed by atoms with Crippen LogP contribution in [0.2, 0.25) is 0 Å². The number of nitrogens with zero attached hydrogens (tertiary/aromatic N) is 2. The number of ketones is 1. The fraction of sp³-hybridized carbons (Fsp3) is 0.667. The molecule has 0 heterocycles. The van der Waals surface area contributed by atoms with Crippen molar-refractivity contribution in [2.45, 2.75) is 141 Å². The Morgan fingerprint density at radius 1 is 0.614 bits per heavy atom. The highest BCUT2D eigenvalue weighted by atomic mass is 16.3. The summed E-state index contributed by atoms with van der Waals surface area (Å²) in [6, 6.07) is 8.70. The molecule has 2 aromatic rings. The first-order valence-electron chi connectivity index (χ1n) is 17.0. The Bertz CT molecular complexity index is 1230. The minimum atomic E-state index is -0.605. The second-order valence-electron chi connectivity index (χ2n) is 16.7. The summed E-state index contributed by atoms with van der Waals surface area (Å²) in [5, 5.41) is 23.0. The monoisotopic (exact) mass is 604 g/mol. The molecule has 0 unspecified atom stereocenters. The van der Waals surface area contributed by atoms with E-state index in [1.165, 1.54) is 0 Å². The first-order valence-corrected chi connectivity index (χ1v) is 17.0. The van der Waals surface area contributed by atoms with Crippen LogP contribution in [0, 0.1) is 0 Å². The van der Waals surface area contributed by atoms with Crippen LogP contribution >= 0.6 is 0 Å². The van der Waals surface area contributed by atoms with Crippen molar-refractivity contribution in [2.24, 2.45) is 0 Å². The lowest BCUT2D eigenvalue weighted by molar-refractivity contribution is -0.133. The summed E-state index contributed by atoms with van der Waals surface area (Å²) in [6.07, 6.45) is 9.81. The van der Waals surface area contributed by atoms with Gasteiger partial charge in [0.15, 0.2) is 5.78 Å². The number of hydrogen-bond acceptors (Lipinski definition) is 5. The molecule has 44 heavy (non-hydrogen) atoms. The van der Waals surface area contributed by atoms with Crippen molar-refractivity contribution in [3.05, 3.63) is 57.6 Å². The molecule has 244 valence electrons. The first-order chi connectivity index (χ1) is 20.4. The molecular formula is C39H60N2O3. The molecule has 0 atom stereocenters. The third-order valence-electron chi connectivity index (χ3n) is 10.4. The molecule has 2 saturated carbocycles. The average Bonchev–Trinajstić information content (AvgIpc) is 2.93. The number of carbonyl (C=O) groups is 1. The highest BCUT2D eigenvalue weighted by Crippen LogP contribution is 2.53. The van der Waals surface area contributed by atoms with Gasteiger partial charge in [0.2, 0.25) is 0 Å². The standard InChI is InChI=1S/C39H60N2O3/c1-36(2,3)31-23-29(21-27(33(31)42)25-40(7)8)38(17-13-11-14-18-38)35(44)39(19-15-12-16-20-39)30-22-28(26-41(9)10)34(43)32(24-30)37(4,5)6/h21-24,42-43H,11-20,25-26H2,1-10H3. The van der Waals surface area contributed by atoms with Crippen LogP contribution in [0.3, 0.4) is 0 Å². The molecule has 0 radical (unpaired) electrons. The summed E-state index contributed by atoms with van der Waals surface area (Å²) in [5.41, 5.74) is 4.11. The number of Topliss-reactive ketones (excluding diaryl/α,β-unsaturated/α-hetero) is 1. The molecule has 0 aromatic heterocycles. The van der Waals surface area contributed by atoms with Crippen LogP contribution in [0.15, 0.2) is 24.3 Å². The van der Waals surface area contributed by atoms with E-state index in [4.69, 9.17) is 0 Å². The van der Waals surface area contributed by atoms with Gasteiger partial charge in [-0.2, -0.15) is 0 Å². The van der Waals surface area contributed by atoms with Gasteiger partial charge in [0, 0.05) is 24.2 Å². The third-order valence-corrected chi connectivity index (χ3v) is 10.4. The summed E-state index contributed by atoms with van der Waals surface area (Å²) >= 11 is 0. The maximum atomic E-state index is 15.8. The van der Waals surface area contributed by atoms with Crippen molar-refractivity contribution in [3.8, 4) is 11.5 Å². The van der Waals surface area contributed by atoms with E-state index in [1.807, 2.05) is 28.2 Å². The minimum Gasteiger partial charge on any atom is -0.507 e. The number of phenols is 2. The normalized spacial score (nSPS) is 19.0. The van der Waals surface area contributed by atoms with Crippen LogP contribution < -0.4 is 0 Å². The van der Waals surface area contributed by atoms with E-state index in [2.05, 4.69) is 75.6 Å². The van der Waals surface area contributed by atoms with Crippen molar-refractivity contribution < 1.29 is 15.0 Å². The van der Waals surface area contributed by atoms with Crippen molar-refractivity contribution >= 4 is 5.78 Å². The van der Waals surface area contributed by atoms with Crippen LogP contribution in [0.4, 0.5) is 0 Å². The first kappa shape index (κ1) is 34.5. The number of aromatic hydroxyl groups is 2. The lowest BCUT2D eigenvalue weighted by atomic mass is 9.54. The molecule has 0 bridgehead atoms. The van der Waals surface area contributed by atoms with Crippen molar-refractivity contribution in [1.82, 2.24) is 9.80 Å². The van der Waals surface area contributed by atoms with E-state index in [1.54, 1.807) is 0 Å². The lowest BCUT2D eigenvalue weighted by Gasteiger charge is -2.47. The van der Waals surface area contributed by atoms with Gasteiger partial charge in [0.25, 0.3) is 0 Å². The molecule has 0 aliphatic heterocycles. The molecule has 2 fully saturated rings. The molecule has 2 aliphatic carbocycles. The fourth-order valence-electron chi connectivity index (χ4n) is 8.07. The van der Waals surface area contributed by atoms with E-state index >= 15 is 4.79 Å². The van der Waals surface area contributed by atoms with Gasteiger partial charge in [0.05, 0.1) is 10.8 Å². The number of rotatable bonds is 8. The topological polar surface area (TPSA) is 64.0 Å². The maximum Gasteiger partial charge on any atom is 0.153 e. The minimum absolute atomic E-state index is 0.262. The van der Waals surface area contributed by atoms with Gasteiger partial charge in [0.1, 0.15) is 11.5 Å². The van der Waals surface area contributed by atoms with Gasteiger partial charge in [-0.1, -0.05) is 92.2 Å². The van der Waals surface area contributed by atoms with Gasteiger partial charge >= 0.3 is 0 Å². The van der Waals surface area contributed by atoms with Gasteiger partial charge < -0.3 is 20.0 Å². The van der Waals surface area contributed by atoms with Crippen molar-refractivity contribution in [1.29, 1.82) is 0 Å². The van der Waals surface area contributed by atoms with Crippen LogP contribution in [0.1, 0.15) is 139 Å². The summed E-state index contributed by atoms with van der Waals surface area (Å²) in [7, 11) is 8.13. The van der Waals surface area contributed by atoms with Gasteiger partial charge in [-0.25, -0.2) is 0 Å². The quantitative estimate of drug-likeness (QED) is 0.316. The van der Waals surface area contributed by atoms with Crippen LogP contribution in [0.25, 0.3) is 0 Å². The second kappa shape index (κ2) is 12.8. The number of benzene rings is 2. The average molecular weight is 605 g/mol. The molecule has 5 heteroatoms. The molecule has 2 aromatic carbocycles. The van der Waals surface area contributed by atoms with Crippen molar-refractivity contribution in [3.63, 3.8) is 0 Å².